The van der Waals surface area contributed by atoms with E-state index in [1.807, 2.05) is 0 Å². The van der Waals surface area contributed by atoms with Gasteiger partial charge in [-0.15, -0.1) is 11.3 Å². The number of aryl methyl sites for hydroxylation is 2. The van der Waals surface area contributed by atoms with Gasteiger partial charge in [-0.2, -0.15) is 5.10 Å². The summed E-state index contributed by atoms with van der Waals surface area (Å²) in [6, 6.07) is 0. The molecule has 9 heteroatoms. The van der Waals surface area contributed by atoms with Gasteiger partial charge >= 0.3 is 0 Å². The molecule has 7 nitrogen and oxygen atoms in total. The van der Waals surface area contributed by atoms with E-state index in [0.717, 1.165) is 12.1 Å². The Bertz CT molecular complexity index is 646. The molecule has 0 spiro atoms. The number of aromatic nitrogens is 3. The zero-order valence-electron chi connectivity index (χ0n) is 10.4. The maximum absolute atomic E-state index is 12.1. The van der Waals surface area contributed by atoms with Gasteiger partial charge in [0.2, 0.25) is 0 Å². The summed E-state index contributed by atoms with van der Waals surface area (Å²) in [6.07, 6.45) is 3.55. The van der Waals surface area contributed by atoms with Crippen molar-refractivity contribution in [1.29, 1.82) is 0 Å². The lowest BCUT2D eigenvalue weighted by Gasteiger charge is -2.01. The Kier molecular flexibility index (Phi) is 4.17. The monoisotopic (exact) mass is 301 g/mol. The smallest absolute Gasteiger partial charge is 0.266 e. The Hall–Kier alpha value is -1.45. The molecule has 0 saturated carbocycles. The minimum Gasteiger partial charge on any atom is -0.330 e. The minimum absolute atomic E-state index is 0.123. The van der Waals surface area contributed by atoms with Crippen LogP contribution in [0.25, 0.3) is 0 Å². The van der Waals surface area contributed by atoms with E-state index in [4.69, 9.17) is 5.73 Å². The normalized spacial score (nSPS) is 11.7. The van der Waals surface area contributed by atoms with Gasteiger partial charge in [-0.1, -0.05) is 0 Å². The molecule has 2 aromatic heterocycles. The molecular formula is C10H15N5O2S2. The first-order chi connectivity index (χ1) is 9.01. The highest BCUT2D eigenvalue weighted by Crippen LogP contribution is 2.19. The Morgan fingerprint density at radius 1 is 1.53 bits per heavy atom. The molecule has 0 fully saturated rings. The van der Waals surface area contributed by atoms with Gasteiger partial charge in [0.1, 0.15) is 4.90 Å². The molecule has 0 atom stereocenters. The van der Waals surface area contributed by atoms with E-state index >= 15 is 0 Å². The topological polar surface area (TPSA) is 103 Å². The lowest BCUT2D eigenvalue weighted by atomic mass is 10.4. The molecule has 0 radical (unpaired) electrons. The lowest BCUT2D eigenvalue weighted by molar-refractivity contribution is 0.582. The van der Waals surface area contributed by atoms with Crippen LogP contribution in [0, 0.1) is 6.92 Å². The molecule has 0 aliphatic rings. The third-order valence-electron chi connectivity index (χ3n) is 2.35. The predicted molar refractivity (Wildman–Crippen MR) is 73.6 cm³/mol. The Morgan fingerprint density at radius 2 is 2.32 bits per heavy atom. The second-order valence-corrected chi connectivity index (χ2v) is 6.52. The highest BCUT2D eigenvalue weighted by Gasteiger charge is 2.18. The summed E-state index contributed by atoms with van der Waals surface area (Å²) in [5, 5.41) is 6.13. The van der Waals surface area contributed by atoms with Gasteiger partial charge in [-0.05, 0) is 19.9 Å². The zero-order valence-corrected chi connectivity index (χ0v) is 12.0. The number of nitrogens with zero attached hydrogens (tertiary/aromatic N) is 3. The second-order valence-electron chi connectivity index (χ2n) is 3.98. The molecule has 104 valence electrons. The van der Waals surface area contributed by atoms with Gasteiger partial charge < -0.3 is 5.73 Å². The summed E-state index contributed by atoms with van der Waals surface area (Å²) in [4.78, 5) is 4.18. The van der Waals surface area contributed by atoms with Crippen LogP contribution < -0.4 is 10.5 Å². The van der Waals surface area contributed by atoms with Crippen molar-refractivity contribution < 1.29 is 8.42 Å². The van der Waals surface area contributed by atoms with Gasteiger partial charge in [-0.3, -0.25) is 9.40 Å². The summed E-state index contributed by atoms with van der Waals surface area (Å²) in [5.41, 5.74) is 6.17. The van der Waals surface area contributed by atoms with E-state index in [0.29, 0.717) is 18.2 Å². The zero-order chi connectivity index (χ0) is 13.9. The summed E-state index contributed by atoms with van der Waals surface area (Å²) >= 11 is 1.25. The highest BCUT2D eigenvalue weighted by molar-refractivity contribution is 7.93. The fourth-order valence-electron chi connectivity index (χ4n) is 1.43. The number of hydrogen-bond donors (Lipinski definition) is 2. The van der Waals surface area contributed by atoms with E-state index in [9.17, 15) is 8.42 Å². The molecule has 2 heterocycles. The standard InChI is InChI=1S/C10H15N5O2S2/c1-8-7-18-10(13-8)14-19(16,17)9-5-12-15(6-9)4-2-3-11/h5-7H,2-4,11H2,1H3,(H,13,14). The van der Waals surface area contributed by atoms with Crippen LogP contribution in [0.1, 0.15) is 12.1 Å². The molecule has 0 amide bonds. The number of nitrogens with two attached hydrogens (primary N) is 1. The summed E-state index contributed by atoms with van der Waals surface area (Å²) in [6.45, 7) is 2.94. The van der Waals surface area contributed by atoms with Crippen LogP contribution in [0.3, 0.4) is 0 Å². The van der Waals surface area contributed by atoms with Crippen LogP contribution >= 0.6 is 11.3 Å². The average Bonchev–Trinajstić information content (AvgIpc) is 2.95. The van der Waals surface area contributed by atoms with E-state index in [2.05, 4.69) is 14.8 Å². The number of sulfonamides is 1. The van der Waals surface area contributed by atoms with E-state index in [1.165, 1.54) is 23.7 Å². The van der Waals surface area contributed by atoms with Gasteiger partial charge in [0.05, 0.1) is 11.9 Å². The molecule has 0 aromatic carbocycles. The number of hydrogen-bond acceptors (Lipinski definition) is 6. The second kappa shape index (κ2) is 5.68. The van der Waals surface area contributed by atoms with E-state index in [1.54, 1.807) is 17.0 Å². The third kappa shape index (κ3) is 3.52. The van der Waals surface area contributed by atoms with Crippen LogP contribution in [-0.4, -0.2) is 29.7 Å². The molecule has 0 aliphatic carbocycles. The summed E-state index contributed by atoms with van der Waals surface area (Å²) in [7, 11) is -3.62. The van der Waals surface area contributed by atoms with Gasteiger partial charge in [0, 0.05) is 18.1 Å². The van der Waals surface area contributed by atoms with Crippen molar-refractivity contribution in [2.45, 2.75) is 24.8 Å². The molecule has 0 bridgehead atoms. The van der Waals surface area contributed by atoms with Crippen LogP contribution in [0.15, 0.2) is 22.7 Å². The van der Waals surface area contributed by atoms with Gasteiger partial charge in [0.15, 0.2) is 5.13 Å². The first kappa shape index (κ1) is 14.0. The Labute approximate surface area is 115 Å². The highest BCUT2D eigenvalue weighted by atomic mass is 32.2. The third-order valence-corrected chi connectivity index (χ3v) is 4.65. The molecule has 0 unspecified atom stereocenters. The molecule has 2 aromatic rings. The fraction of sp³-hybridized carbons (Fsp3) is 0.400. The van der Waals surface area contributed by atoms with E-state index < -0.39 is 10.0 Å². The van der Waals surface area contributed by atoms with Crippen molar-refractivity contribution in [3.05, 3.63) is 23.5 Å². The molecule has 2 rings (SSSR count). The molecular weight excluding hydrogens is 286 g/mol. The Balaban J connectivity index is 2.13. The molecule has 19 heavy (non-hydrogen) atoms. The van der Waals surface area contributed by atoms with Crippen LogP contribution in [0.2, 0.25) is 0 Å². The number of thiazole rings is 1. The fourth-order valence-corrected chi connectivity index (χ4v) is 3.33. The minimum atomic E-state index is -3.62. The van der Waals surface area contributed by atoms with Crippen molar-refractivity contribution in [3.63, 3.8) is 0 Å². The summed E-state index contributed by atoms with van der Waals surface area (Å²) in [5.74, 6) is 0. The average molecular weight is 301 g/mol. The number of anilines is 1. The van der Waals surface area contributed by atoms with Crippen LogP contribution in [0.5, 0.6) is 0 Å². The van der Waals surface area contributed by atoms with Gasteiger partial charge in [0.25, 0.3) is 10.0 Å². The largest absolute Gasteiger partial charge is 0.330 e. The molecule has 3 N–H and O–H groups in total. The predicted octanol–water partition coefficient (Wildman–Crippen LogP) is 0.798. The molecule has 0 aliphatic heterocycles. The number of nitrogens with one attached hydrogen (secondary N) is 1. The maximum Gasteiger partial charge on any atom is 0.266 e. The van der Waals surface area contributed by atoms with Crippen LogP contribution in [-0.2, 0) is 16.6 Å². The number of rotatable bonds is 6. The van der Waals surface area contributed by atoms with E-state index in [-0.39, 0.29) is 4.90 Å². The van der Waals surface area contributed by atoms with Crippen molar-refractivity contribution in [2.75, 3.05) is 11.3 Å². The lowest BCUT2D eigenvalue weighted by Crippen LogP contribution is -2.12. The maximum atomic E-state index is 12.1. The summed E-state index contributed by atoms with van der Waals surface area (Å²) < 4.78 is 28.1. The Morgan fingerprint density at radius 3 is 2.95 bits per heavy atom. The van der Waals surface area contributed by atoms with Crippen molar-refractivity contribution in [3.8, 4) is 0 Å². The SMILES string of the molecule is Cc1csc(NS(=O)(=O)c2cnn(CCCN)c2)n1. The first-order valence-corrected chi connectivity index (χ1v) is 8.05. The van der Waals surface area contributed by atoms with Crippen LogP contribution in [0.4, 0.5) is 5.13 Å². The molecule has 0 saturated heterocycles. The van der Waals surface area contributed by atoms with Crippen molar-refractivity contribution in [1.82, 2.24) is 14.8 Å². The first-order valence-electron chi connectivity index (χ1n) is 5.69. The quantitative estimate of drug-likeness (QED) is 0.821. The van der Waals surface area contributed by atoms with Crippen molar-refractivity contribution in [2.24, 2.45) is 5.73 Å². The van der Waals surface area contributed by atoms with Gasteiger partial charge in [-0.25, -0.2) is 13.4 Å². The van der Waals surface area contributed by atoms with Crippen molar-refractivity contribution >= 4 is 26.5 Å².